The van der Waals surface area contributed by atoms with Gasteiger partial charge in [0.05, 0.1) is 12.2 Å². The minimum atomic E-state index is -0.232. The van der Waals surface area contributed by atoms with Crippen LogP contribution in [0.4, 0.5) is 5.69 Å². The van der Waals surface area contributed by atoms with Crippen LogP contribution in [0, 0.1) is 5.92 Å². The molecular formula is C16H23NO2. The maximum Gasteiger partial charge on any atom is 0.338 e. The largest absolute Gasteiger partial charge is 0.462 e. The Bertz CT molecular complexity index is 394. The van der Waals surface area contributed by atoms with Crippen LogP contribution in [0.3, 0.4) is 0 Å². The normalized spacial score (nSPS) is 15.4. The molecule has 0 radical (unpaired) electrons. The van der Waals surface area contributed by atoms with Crippen LogP contribution in [0.1, 0.15) is 49.4 Å². The molecule has 0 aliphatic heterocycles. The second-order valence-electron chi connectivity index (χ2n) is 5.24. The van der Waals surface area contributed by atoms with Gasteiger partial charge in [-0.15, -0.1) is 0 Å². The van der Waals surface area contributed by atoms with Crippen molar-refractivity contribution in [3.05, 3.63) is 29.8 Å². The molecule has 0 heterocycles. The Morgan fingerprint density at radius 1 is 1.26 bits per heavy atom. The van der Waals surface area contributed by atoms with Gasteiger partial charge in [0, 0.05) is 12.2 Å². The molecule has 3 heteroatoms. The molecule has 0 saturated heterocycles. The van der Waals surface area contributed by atoms with Gasteiger partial charge in [-0.25, -0.2) is 4.79 Å². The summed E-state index contributed by atoms with van der Waals surface area (Å²) in [5.41, 5.74) is 1.71. The molecule has 0 amide bonds. The van der Waals surface area contributed by atoms with E-state index in [0.717, 1.165) is 24.6 Å². The van der Waals surface area contributed by atoms with Crippen molar-refractivity contribution in [3.63, 3.8) is 0 Å². The highest BCUT2D eigenvalue weighted by Crippen LogP contribution is 2.25. The third-order valence-electron chi connectivity index (χ3n) is 3.63. The number of hydrogen-bond acceptors (Lipinski definition) is 3. The fraction of sp³-hybridized carbons (Fsp3) is 0.562. The van der Waals surface area contributed by atoms with Crippen molar-refractivity contribution in [1.29, 1.82) is 0 Å². The number of ether oxygens (including phenoxy) is 1. The van der Waals surface area contributed by atoms with Crippen LogP contribution in [0.5, 0.6) is 0 Å². The van der Waals surface area contributed by atoms with Crippen LogP contribution in [-0.4, -0.2) is 19.1 Å². The first kappa shape index (κ1) is 13.9. The summed E-state index contributed by atoms with van der Waals surface area (Å²) in [7, 11) is 0. The molecule has 1 N–H and O–H groups in total. The number of benzene rings is 1. The standard InChI is InChI=1S/C16H23NO2/c1-2-11-19-16(18)14-7-9-15(10-8-14)17-12-13-5-3-4-6-13/h7-10,13,17H,2-6,11-12H2,1H3. The molecular weight excluding hydrogens is 238 g/mol. The molecule has 1 saturated carbocycles. The highest BCUT2D eigenvalue weighted by Gasteiger charge is 2.14. The van der Waals surface area contributed by atoms with Gasteiger partial charge < -0.3 is 10.1 Å². The van der Waals surface area contributed by atoms with Gasteiger partial charge in [0.2, 0.25) is 0 Å². The molecule has 1 aliphatic rings. The van der Waals surface area contributed by atoms with Crippen LogP contribution in [0.25, 0.3) is 0 Å². The monoisotopic (exact) mass is 261 g/mol. The SMILES string of the molecule is CCCOC(=O)c1ccc(NCC2CCCC2)cc1. The molecule has 0 aromatic heterocycles. The third kappa shape index (κ3) is 4.27. The molecule has 3 nitrogen and oxygen atoms in total. The lowest BCUT2D eigenvalue weighted by molar-refractivity contribution is 0.0505. The highest BCUT2D eigenvalue weighted by molar-refractivity contribution is 5.89. The summed E-state index contributed by atoms with van der Waals surface area (Å²) in [4.78, 5) is 11.6. The summed E-state index contributed by atoms with van der Waals surface area (Å²) in [6.45, 7) is 3.52. The third-order valence-corrected chi connectivity index (χ3v) is 3.63. The first-order valence-electron chi connectivity index (χ1n) is 7.30. The van der Waals surface area contributed by atoms with E-state index in [1.54, 1.807) is 0 Å². The van der Waals surface area contributed by atoms with Gasteiger partial charge in [-0.1, -0.05) is 19.8 Å². The molecule has 0 atom stereocenters. The summed E-state index contributed by atoms with van der Waals surface area (Å²) >= 11 is 0. The minimum absolute atomic E-state index is 0.232. The van der Waals surface area contributed by atoms with E-state index in [-0.39, 0.29) is 5.97 Å². The molecule has 104 valence electrons. The van der Waals surface area contributed by atoms with Crippen molar-refractivity contribution in [3.8, 4) is 0 Å². The quantitative estimate of drug-likeness (QED) is 0.790. The fourth-order valence-corrected chi connectivity index (χ4v) is 2.48. The number of anilines is 1. The highest BCUT2D eigenvalue weighted by atomic mass is 16.5. The van der Waals surface area contributed by atoms with E-state index in [2.05, 4.69) is 5.32 Å². The van der Waals surface area contributed by atoms with E-state index in [9.17, 15) is 4.79 Å². The van der Waals surface area contributed by atoms with E-state index in [1.807, 2.05) is 31.2 Å². The minimum Gasteiger partial charge on any atom is -0.462 e. The van der Waals surface area contributed by atoms with Gasteiger partial charge in [0.25, 0.3) is 0 Å². The number of carbonyl (C=O) groups is 1. The summed E-state index contributed by atoms with van der Waals surface area (Å²) in [5.74, 6) is 0.582. The van der Waals surface area contributed by atoms with Gasteiger partial charge in [-0.05, 0) is 49.4 Å². The molecule has 0 spiro atoms. The number of nitrogens with one attached hydrogen (secondary N) is 1. The first-order valence-corrected chi connectivity index (χ1v) is 7.30. The zero-order valence-corrected chi connectivity index (χ0v) is 11.7. The molecule has 0 bridgehead atoms. The Morgan fingerprint density at radius 2 is 1.95 bits per heavy atom. The Morgan fingerprint density at radius 3 is 2.58 bits per heavy atom. The van der Waals surface area contributed by atoms with Gasteiger partial charge in [0.15, 0.2) is 0 Å². The number of rotatable bonds is 6. The molecule has 1 aliphatic carbocycles. The lowest BCUT2D eigenvalue weighted by atomic mass is 10.1. The smallest absolute Gasteiger partial charge is 0.338 e. The van der Waals surface area contributed by atoms with Crippen molar-refractivity contribution in [1.82, 2.24) is 0 Å². The Balaban J connectivity index is 1.81. The Labute approximate surface area is 115 Å². The maximum atomic E-state index is 11.6. The van der Waals surface area contributed by atoms with Crippen LogP contribution in [0.2, 0.25) is 0 Å². The number of carbonyl (C=O) groups excluding carboxylic acids is 1. The number of hydrogen-bond donors (Lipinski definition) is 1. The van der Waals surface area contributed by atoms with Crippen molar-refractivity contribution in [2.75, 3.05) is 18.5 Å². The predicted molar refractivity (Wildman–Crippen MR) is 77.5 cm³/mol. The second kappa shape index (κ2) is 7.17. The van der Waals surface area contributed by atoms with Crippen LogP contribution in [0.15, 0.2) is 24.3 Å². The Hall–Kier alpha value is -1.51. The van der Waals surface area contributed by atoms with Crippen LogP contribution < -0.4 is 5.32 Å². The van der Waals surface area contributed by atoms with E-state index in [4.69, 9.17) is 4.74 Å². The zero-order valence-electron chi connectivity index (χ0n) is 11.7. The second-order valence-corrected chi connectivity index (χ2v) is 5.24. The van der Waals surface area contributed by atoms with E-state index < -0.39 is 0 Å². The van der Waals surface area contributed by atoms with Crippen molar-refractivity contribution < 1.29 is 9.53 Å². The summed E-state index contributed by atoms with van der Waals surface area (Å²) < 4.78 is 5.10. The Kier molecular flexibility index (Phi) is 5.25. The average molecular weight is 261 g/mol. The molecule has 1 fully saturated rings. The van der Waals surface area contributed by atoms with Crippen LogP contribution >= 0.6 is 0 Å². The average Bonchev–Trinajstić information content (AvgIpc) is 2.96. The summed E-state index contributed by atoms with van der Waals surface area (Å²) in [5, 5.41) is 3.44. The molecule has 19 heavy (non-hydrogen) atoms. The summed E-state index contributed by atoms with van der Waals surface area (Å²) in [6.07, 6.45) is 6.28. The van der Waals surface area contributed by atoms with Crippen LogP contribution in [-0.2, 0) is 4.74 Å². The van der Waals surface area contributed by atoms with Gasteiger partial charge in [0.1, 0.15) is 0 Å². The van der Waals surface area contributed by atoms with Gasteiger partial charge in [-0.3, -0.25) is 0 Å². The zero-order chi connectivity index (χ0) is 13.5. The van der Waals surface area contributed by atoms with Crippen molar-refractivity contribution in [2.24, 2.45) is 5.92 Å². The lowest BCUT2D eigenvalue weighted by Crippen LogP contribution is -2.11. The maximum absolute atomic E-state index is 11.6. The predicted octanol–water partition coefficient (Wildman–Crippen LogP) is 3.86. The van der Waals surface area contributed by atoms with Gasteiger partial charge >= 0.3 is 5.97 Å². The van der Waals surface area contributed by atoms with Gasteiger partial charge in [-0.2, -0.15) is 0 Å². The van der Waals surface area contributed by atoms with Crippen molar-refractivity contribution in [2.45, 2.75) is 39.0 Å². The fourth-order valence-electron chi connectivity index (χ4n) is 2.48. The molecule has 1 aromatic rings. The topological polar surface area (TPSA) is 38.3 Å². The molecule has 2 rings (SSSR count). The molecule has 0 unspecified atom stereocenters. The lowest BCUT2D eigenvalue weighted by Gasteiger charge is -2.12. The van der Waals surface area contributed by atoms with E-state index >= 15 is 0 Å². The summed E-state index contributed by atoms with van der Waals surface area (Å²) in [6, 6.07) is 7.57. The molecule has 1 aromatic carbocycles. The van der Waals surface area contributed by atoms with Crippen molar-refractivity contribution >= 4 is 11.7 Å². The van der Waals surface area contributed by atoms with E-state index in [1.165, 1.54) is 25.7 Å². The number of esters is 1. The van der Waals surface area contributed by atoms with E-state index in [0.29, 0.717) is 12.2 Å². The first-order chi connectivity index (χ1) is 9.29.